The number of benzene rings is 2. The Balaban J connectivity index is 1.78. The Kier molecular flexibility index (Phi) is 4.71. The van der Waals surface area contributed by atoms with Gasteiger partial charge >= 0.3 is 0 Å². The lowest BCUT2D eigenvalue weighted by Crippen LogP contribution is -2.39. The molecule has 0 fully saturated rings. The maximum absolute atomic E-state index is 12.2. The van der Waals surface area contributed by atoms with Gasteiger partial charge in [0.2, 0.25) is 6.54 Å². The number of carbonyl (C=O) groups excluding carboxylic acids is 1. The zero-order valence-electron chi connectivity index (χ0n) is 11.9. The molecule has 0 aliphatic rings. The highest BCUT2D eigenvalue weighted by molar-refractivity contribution is 6.42. The van der Waals surface area contributed by atoms with Crippen LogP contribution < -0.4 is 9.88 Å². The van der Waals surface area contributed by atoms with Gasteiger partial charge in [-0.2, -0.15) is 4.57 Å². The number of pyridine rings is 1. The van der Waals surface area contributed by atoms with Crippen LogP contribution >= 0.6 is 34.8 Å². The van der Waals surface area contributed by atoms with Gasteiger partial charge < -0.3 is 5.32 Å². The summed E-state index contributed by atoms with van der Waals surface area (Å²) in [6.45, 7) is 0.153. The molecule has 0 aliphatic heterocycles. The highest BCUT2D eigenvalue weighted by Crippen LogP contribution is 2.33. The van der Waals surface area contributed by atoms with E-state index in [1.807, 2.05) is 42.7 Å². The molecule has 0 saturated carbocycles. The van der Waals surface area contributed by atoms with Crippen LogP contribution in [-0.4, -0.2) is 5.91 Å². The molecule has 23 heavy (non-hydrogen) atoms. The zero-order chi connectivity index (χ0) is 16.4. The number of hydrogen-bond acceptors (Lipinski definition) is 1. The highest BCUT2D eigenvalue weighted by atomic mass is 35.5. The summed E-state index contributed by atoms with van der Waals surface area (Å²) in [5.74, 6) is -0.226. The van der Waals surface area contributed by atoms with E-state index in [1.54, 1.807) is 4.57 Å². The third kappa shape index (κ3) is 3.75. The predicted octanol–water partition coefficient (Wildman–Crippen LogP) is 4.73. The maximum Gasteiger partial charge on any atom is 0.290 e. The van der Waals surface area contributed by atoms with Gasteiger partial charge in [-0.1, -0.05) is 53.0 Å². The number of carbonyl (C=O) groups is 1. The zero-order valence-corrected chi connectivity index (χ0v) is 14.2. The Morgan fingerprint density at radius 2 is 1.65 bits per heavy atom. The first-order valence-electron chi connectivity index (χ1n) is 6.85. The van der Waals surface area contributed by atoms with Crippen LogP contribution in [0.2, 0.25) is 15.1 Å². The van der Waals surface area contributed by atoms with Crippen LogP contribution in [0.1, 0.15) is 0 Å². The summed E-state index contributed by atoms with van der Waals surface area (Å²) in [6, 6.07) is 13.0. The number of aromatic nitrogens is 1. The number of nitrogens with zero attached hydrogens (tertiary/aromatic N) is 1. The van der Waals surface area contributed by atoms with E-state index in [9.17, 15) is 4.79 Å². The first kappa shape index (κ1) is 16.1. The van der Waals surface area contributed by atoms with Crippen LogP contribution in [0.15, 0.2) is 54.9 Å². The summed E-state index contributed by atoms with van der Waals surface area (Å²) in [5.41, 5.74) is 0.365. The summed E-state index contributed by atoms with van der Waals surface area (Å²) >= 11 is 18.0. The van der Waals surface area contributed by atoms with Crippen LogP contribution in [0.5, 0.6) is 0 Å². The first-order chi connectivity index (χ1) is 11.0. The lowest BCUT2D eigenvalue weighted by molar-refractivity contribution is -0.682. The molecule has 0 unspecified atom stereocenters. The lowest BCUT2D eigenvalue weighted by atomic mass is 10.2. The molecule has 3 nitrogen and oxygen atoms in total. The van der Waals surface area contributed by atoms with Crippen LogP contribution in [0.4, 0.5) is 5.69 Å². The van der Waals surface area contributed by atoms with Gasteiger partial charge in [-0.3, -0.25) is 4.79 Å². The second-order valence-corrected chi connectivity index (χ2v) is 6.29. The largest absolute Gasteiger partial charge is 0.318 e. The number of nitrogens with one attached hydrogen (secondary N) is 1. The van der Waals surface area contributed by atoms with E-state index < -0.39 is 0 Å². The van der Waals surface area contributed by atoms with E-state index in [4.69, 9.17) is 34.8 Å². The van der Waals surface area contributed by atoms with Crippen molar-refractivity contribution < 1.29 is 9.36 Å². The molecule has 0 spiro atoms. The monoisotopic (exact) mass is 365 g/mol. The number of rotatable bonds is 3. The Bertz CT molecular complexity index is 873. The van der Waals surface area contributed by atoms with Crippen molar-refractivity contribution in [3.8, 4) is 0 Å². The first-order valence-corrected chi connectivity index (χ1v) is 7.98. The molecule has 3 rings (SSSR count). The Hall–Kier alpha value is -1.81. The van der Waals surface area contributed by atoms with Crippen LogP contribution in [-0.2, 0) is 11.3 Å². The van der Waals surface area contributed by atoms with Gasteiger partial charge in [-0.05, 0) is 23.6 Å². The normalized spacial score (nSPS) is 10.7. The fraction of sp³-hybridized carbons (Fsp3) is 0.0588. The Labute approximate surface area is 148 Å². The molecule has 1 amide bonds. The quantitative estimate of drug-likeness (QED) is 0.668. The molecule has 1 heterocycles. The van der Waals surface area contributed by atoms with Crippen LogP contribution in [0, 0.1) is 0 Å². The van der Waals surface area contributed by atoms with Gasteiger partial charge in [0.1, 0.15) is 0 Å². The third-order valence-electron chi connectivity index (χ3n) is 3.34. The molecule has 116 valence electrons. The summed E-state index contributed by atoms with van der Waals surface area (Å²) < 4.78 is 1.80. The van der Waals surface area contributed by atoms with Gasteiger partial charge in [-0.25, -0.2) is 0 Å². The van der Waals surface area contributed by atoms with Crippen LogP contribution in [0.25, 0.3) is 10.8 Å². The van der Waals surface area contributed by atoms with Crippen molar-refractivity contribution in [1.82, 2.24) is 0 Å². The summed E-state index contributed by atoms with van der Waals surface area (Å²) in [7, 11) is 0. The standard InChI is InChI=1S/C17H11Cl3N2O/c18-13-7-14(19)17(15(20)8-13)21-16(23)10-22-6-5-11-3-1-2-4-12(11)9-22/h1-9H,10H2/p+1. The minimum atomic E-state index is -0.226. The molecule has 6 heteroatoms. The number of fused-ring (bicyclic) bond motifs is 1. The third-order valence-corrected chi connectivity index (χ3v) is 4.16. The average molecular weight is 367 g/mol. The fourth-order valence-corrected chi connectivity index (χ4v) is 3.19. The summed E-state index contributed by atoms with van der Waals surface area (Å²) in [4.78, 5) is 12.2. The minimum Gasteiger partial charge on any atom is -0.318 e. The smallest absolute Gasteiger partial charge is 0.290 e. The minimum absolute atomic E-state index is 0.153. The molecule has 0 radical (unpaired) electrons. The molecular weight excluding hydrogens is 355 g/mol. The molecule has 0 atom stereocenters. The van der Waals surface area contributed by atoms with Crippen molar-refractivity contribution in [3.05, 3.63) is 69.9 Å². The molecule has 0 aliphatic carbocycles. The molecule has 2 aromatic carbocycles. The van der Waals surface area contributed by atoms with Crippen molar-refractivity contribution in [3.63, 3.8) is 0 Å². The van der Waals surface area contributed by atoms with E-state index in [0.29, 0.717) is 20.8 Å². The van der Waals surface area contributed by atoms with Gasteiger partial charge in [0.05, 0.1) is 15.7 Å². The van der Waals surface area contributed by atoms with Gasteiger partial charge in [0.25, 0.3) is 5.91 Å². The predicted molar refractivity (Wildman–Crippen MR) is 94.2 cm³/mol. The van der Waals surface area contributed by atoms with E-state index in [1.165, 1.54) is 12.1 Å². The number of halogens is 3. The molecule has 1 aromatic heterocycles. The molecule has 0 bridgehead atoms. The lowest BCUT2D eigenvalue weighted by Gasteiger charge is -2.08. The van der Waals surface area contributed by atoms with E-state index in [2.05, 4.69) is 5.32 Å². The Morgan fingerprint density at radius 1 is 1.00 bits per heavy atom. The number of amides is 1. The fourth-order valence-electron chi connectivity index (χ4n) is 2.28. The molecular formula is C17H12Cl3N2O+. The molecule has 0 saturated heterocycles. The average Bonchev–Trinajstić information content (AvgIpc) is 2.51. The van der Waals surface area contributed by atoms with Crippen LogP contribution in [0.3, 0.4) is 0 Å². The van der Waals surface area contributed by atoms with Crippen molar-refractivity contribution in [2.75, 3.05) is 5.32 Å². The second-order valence-electron chi connectivity index (χ2n) is 5.04. The van der Waals surface area contributed by atoms with Crippen molar-refractivity contribution in [2.45, 2.75) is 6.54 Å². The maximum atomic E-state index is 12.2. The number of anilines is 1. The molecule has 1 N–H and O–H groups in total. The van der Waals surface area contributed by atoms with Gasteiger partial charge in [0.15, 0.2) is 12.4 Å². The van der Waals surface area contributed by atoms with Crippen molar-refractivity contribution >= 4 is 57.2 Å². The second kappa shape index (κ2) is 6.75. The summed E-state index contributed by atoms with van der Waals surface area (Å²) in [5, 5.41) is 5.93. The van der Waals surface area contributed by atoms with E-state index in [-0.39, 0.29) is 12.5 Å². The van der Waals surface area contributed by atoms with Gasteiger partial charge in [-0.15, -0.1) is 0 Å². The number of hydrogen-bond donors (Lipinski definition) is 1. The molecule has 3 aromatic rings. The van der Waals surface area contributed by atoms with E-state index in [0.717, 1.165) is 10.8 Å². The van der Waals surface area contributed by atoms with Gasteiger partial charge in [0, 0.05) is 16.5 Å². The SMILES string of the molecule is O=C(C[n+]1ccc2ccccc2c1)Nc1c(Cl)cc(Cl)cc1Cl. The van der Waals surface area contributed by atoms with Crippen molar-refractivity contribution in [2.24, 2.45) is 0 Å². The summed E-state index contributed by atoms with van der Waals surface area (Å²) in [6.07, 6.45) is 3.77. The van der Waals surface area contributed by atoms with Crippen molar-refractivity contribution in [1.29, 1.82) is 0 Å². The topological polar surface area (TPSA) is 33.0 Å². The highest BCUT2D eigenvalue weighted by Gasteiger charge is 2.15. The Morgan fingerprint density at radius 3 is 2.35 bits per heavy atom. The van der Waals surface area contributed by atoms with E-state index >= 15 is 0 Å².